The summed E-state index contributed by atoms with van der Waals surface area (Å²) in [6, 6.07) is 11.2. The van der Waals surface area contributed by atoms with Crippen LogP contribution in [-0.4, -0.2) is 70.3 Å². The zero-order valence-electron chi connectivity index (χ0n) is 18.4. The van der Waals surface area contributed by atoms with Gasteiger partial charge in [-0.15, -0.1) is 0 Å². The molecule has 3 aliphatic heterocycles. The number of benzene rings is 1. The molecule has 3 saturated heterocycles. The molecule has 5 rings (SSSR count). The normalized spacial score (nSPS) is 35.7. The van der Waals surface area contributed by atoms with Crippen LogP contribution in [0, 0.1) is 5.41 Å². The third-order valence-electron chi connectivity index (χ3n) is 8.45. The van der Waals surface area contributed by atoms with Crippen LogP contribution in [0.5, 0.6) is 0 Å². The number of likely N-dealkylation sites (tertiary alicyclic amines) is 3. The van der Waals surface area contributed by atoms with Gasteiger partial charge in [0, 0.05) is 24.4 Å². The van der Waals surface area contributed by atoms with E-state index in [0.717, 1.165) is 45.2 Å². The van der Waals surface area contributed by atoms with Crippen molar-refractivity contribution in [3.63, 3.8) is 0 Å². The average molecular weight is 410 g/mol. The molecule has 5 nitrogen and oxygen atoms in total. The zero-order chi connectivity index (χ0) is 20.9. The third kappa shape index (κ3) is 3.17. The van der Waals surface area contributed by atoms with Crippen LogP contribution >= 0.6 is 0 Å². The monoisotopic (exact) mass is 409 g/mol. The quantitative estimate of drug-likeness (QED) is 0.768. The molecule has 1 aromatic rings. The predicted molar refractivity (Wildman–Crippen MR) is 117 cm³/mol. The third-order valence-corrected chi connectivity index (χ3v) is 8.45. The number of carbonyl (C=O) groups is 2. The number of nitrogens with zero attached hydrogens (tertiary/aromatic N) is 3. The van der Waals surface area contributed by atoms with E-state index in [-0.39, 0.29) is 35.5 Å². The van der Waals surface area contributed by atoms with E-state index in [2.05, 4.69) is 45.9 Å². The zero-order valence-corrected chi connectivity index (χ0v) is 18.4. The lowest BCUT2D eigenvalue weighted by Gasteiger charge is -2.52. The highest BCUT2D eigenvalue weighted by molar-refractivity contribution is 5.81. The fourth-order valence-corrected chi connectivity index (χ4v) is 7.21. The van der Waals surface area contributed by atoms with Gasteiger partial charge >= 0.3 is 0 Å². The summed E-state index contributed by atoms with van der Waals surface area (Å²) in [5, 5.41) is 0. The van der Waals surface area contributed by atoms with Gasteiger partial charge in [0.2, 0.25) is 11.8 Å². The maximum absolute atomic E-state index is 13.6. The Kier molecular flexibility index (Phi) is 5.12. The summed E-state index contributed by atoms with van der Waals surface area (Å²) in [5.74, 6) is 0.464. The second kappa shape index (κ2) is 7.67. The molecule has 0 unspecified atom stereocenters. The van der Waals surface area contributed by atoms with Gasteiger partial charge in [0.15, 0.2) is 0 Å². The van der Waals surface area contributed by atoms with Crippen molar-refractivity contribution in [1.82, 2.24) is 14.7 Å². The van der Waals surface area contributed by atoms with E-state index < -0.39 is 0 Å². The molecule has 1 aliphatic carbocycles. The lowest BCUT2D eigenvalue weighted by atomic mass is 9.64. The maximum Gasteiger partial charge on any atom is 0.237 e. The van der Waals surface area contributed by atoms with Crippen molar-refractivity contribution in [3.05, 3.63) is 35.9 Å². The van der Waals surface area contributed by atoms with E-state index in [1.807, 2.05) is 6.07 Å². The van der Waals surface area contributed by atoms with Gasteiger partial charge in [-0.1, -0.05) is 37.3 Å². The summed E-state index contributed by atoms with van der Waals surface area (Å²) in [5.41, 5.74) is 1.29. The molecule has 162 valence electrons. The first kappa shape index (κ1) is 20.0. The van der Waals surface area contributed by atoms with Crippen molar-refractivity contribution in [2.45, 2.75) is 83.0 Å². The Bertz CT molecular complexity index is 806. The number of hydrogen-bond acceptors (Lipinski definition) is 3. The number of amides is 2. The summed E-state index contributed by atoms with van der Waals surface area (Å²) in [6.07, 6.45) is 7.53. The minimum atomic E-state index is 0.0302. The van der Waals surface area contributed by atoms with E-state index in [0.29, 0.717) is 12.5 Å². The van der Waals surface area contributed by atoms with Crippen molar-refractivity contribution in [2.24, 2.45) is 5.41 Å². The molecule has 0 spiro atoms. The van der Waals surface area contributed by atoms with Crippen molar-refractivity contribution in [3.8, 4) is 0 Å². The number of fused-ring (bicyclic) bond motifs is 1. The van der Waals surface area contributed by atoms with Gasteiger partial charge in [-0.05, 0) is 63.6 Å². The van der Waals surface area contributed by atoms with E-state index in [4.69, 9.17) is 0 Å². The highest BCUT2D eigenvalue weighted by atomic mass is 16.2. The van der Waals surface area contributed by atoms with Crippen LogP contribution < -0.4 is 0 Å². The first-order valence-corrected chi connectivity index (χ1v) is 11.9. The molecule has 4 aliphatic rings. The Morgan fingerprint density at radius 1 is 1.00 bits per heavy atom. The van der Waals surface area contributed by atoms with Crippen LogP contribution in [0.15, 0.2) is 30.3 Å². The predicted octanol–water partition coefficient (Wildman–Crippen LogP) is 3.08. The smallest absolute Gasteiger partial charge is 0.237 e. The molecule has 5 heteroatoms. The Morgan fingerprint density at radius 3 is 2.33 bits per heavy atom. The fourth-order valence-electron chi connectivity index (χ4n) is 7.21. The van der Waals surface area contributed by atoms with Gasteiger partial charge in [0.25, 0.3) is 0 Å². The van der Waals surface area contributed by atoms with Crippen molar-refractivity contribution >= 4 is 11.8 Å². The highest BCUT2D eigenvalue weighted by Crippen LogP contribution is 2.56. The van der Waals surface area contributed by atoms with Crippen LogP contribution in [0.4, 0.5) is 0 Å². The van der Waals surface area contributed by atoms with Gasteiger partial charge < -0.3 is 9.80 Å². The van der Waals surface area contributed by atoms with Gasteiger partial charge in [-0.3, -0.25) is 14.5 Å². The van der Waals surface area contributed by atoms with Crippen LogP contribution in [0.2, 0.25) is 0 Å². The molecule has 0 radical (unpaired) electrons. The van der Waals surface area contributed by atoms with Gasteiger partial charge in [0.1, 0.15) is 0 Å². The summed E-state index contributed by atoms with van der Waals surface area (Å²) >= 11 is 0. The number of hydrogen-bond donors (Lipinski definition) is 0. The molecule has 2 bridgehead atoms. The molecule has 0 N–H and O–H groups in total. The minimum absolute atomic E-state index is 0.0302. The van der Waals surface area contributed by atoms with Crippen molar-refractivity contribution in [2.75, 3.05) is 19.6 Å². The maximum atomic E-state index is 13.6. The second-order valence-electron chi connectivity index (χ2n) is 10.2. The molecule has 1 saturated carbocycles. The number of carbonyl (C=O) groups excluding carboxylic acids is 2. The number of rotatable bonds is 4. The summed E-state index contributed by atoms with van der Waals surface area (Å²) in [7, 11) is 0. The standard InChI is InChI=1S/C25H35N3O2/c1-18(29)27-20(15-19-9-4-3-5-10-19)21-16-25(2)22(27)11-8-12-23(25)28(21)24(30)17-26-13-6-7-14-26/h3-5,9-10,20-23H,6-8,11-17H2,1-2H3/t20-,21+,22-,23+,25-/m1/s1. The Morgan fingerprint density at radius 2 is 1.67 bits per heavy atom. The topological polar surface area (TPSA) is 43.9 Å². The summed E-state index contributed by atoms with van der Waals surface area (Å²) in [6.45, 7) is 6.72. The van der Waals surface area contributed by atoms with Gasteiger partial charge in [-0.2, -0.15) is 0 Å². The van der Waals surface area contributed by atoms with E-state index in [1.54, 1.807) is 6.92 Å². The Balaban J connectivity index is 1.50. The molecular weight excluding hydrogens is 374 g/mol. The fraction of sp³-hybridized carbons (Fsp3) is 0.680. The Hall–Kier alpha value is -1.88. The van der Waals surface area contributed by atoms with E-state index >= 15 is 0 Å². The molecule has 4 fully saturated rings. The van der Waals surface area contributed by atoms with Crippen molar-refractivity contribution in [1.29, 1.82) is 0 Å². The molecule has 0 aromatic heterocycles. The van der Waals surface area contributed by atoms with Crippen LogP contribution in [0.25, 0.3) is 0 Å². The molecular formula is C25H35N3O2. The SMILES string of the molecule is CC(=O)N1[C@H](Cc2ccccc2)[C@@H]2C[C@@]3(C)[C@H](CCC[C@@H]13)N2C(=O)CN1CCCC1. The summed E-state index contributed by atoms with van der Waals surface area (Å²) < 4.78 is 0. The van der Waals surface area contributed by atoms with E-state index in [9.17, 15) is 9.59 Å². The van der Waals surface area contributed by atoms with Gasteiger partial charge in [-0.25, -0.2) is 0 Å². The molecule has 1 aromatic carbocycles. The van der Waals surface area contributed by atoms with Crippen LogP contribution in [0.1, 0.15) is 57.9 Å². The summed E-state index contributed by atoms with van der Waals surface area (Å²) in [4.78, 5) is 33.3. The van der Waals surface area contributed by atoms with Crippen molar-refractivity contribution < 1.29 is 9.59 Å². The van der Waals surface area contributed by atoms with Crippen LogP contribution in [0.3, 0.4) is 0 Å². The average Bonchev–Trinajstić information content (AvgIpc) is 3.33. The first-order valence-electron chi connectivity index (χ1n) is 11.9. The van der Waals surface area contributed by atoms with E-state index in [1.165, 1.54) is 18.4 Å². The minimum Gasteiger partial charge on any atom is -0.334 e. The lowest BCUT2D eigenvalue weighted by Crippen LogP contribution is -2.62. The molecule has 5 atom stereocenters. The van der Waals surface area contributed by atoms with Crippen LogP contribution in [-0.2, 0) is 16.0 Å². The lowest BCUT2D eigenvalue weighted by molar-refractivity contribution is -0.143. The molecule has 3 heterocycles. The number of piperidine rings is 1. The van der Waals surface area contributed by atoms with Gasteiger partial charge in [0.05, 0.1) is 18.6 Å². The second-order valence-corrected chi connectivity index (χ2v) is 10.2. The molecule has 2 amide bonds. The first-order chi connectivity index (χ1) is 14.5. The highest BCUT2D eigenvalue weighted by Gasteiger charge is 2.64. The Labute approximate surface area is 180 Å². The largest absolute Gasteiger partial charge is 0.334 e. The molecule has 30 heavy (non-hydrogen) atoms.